The molecule has 0 spiro atoms. The van der Waals surface area contributed by atoms with Gasteiger partial charge in [0.15, 0.2) is 5.13 Å². The van der Waals surface area contributed by atoms with Crippen LogP contribution in [0.15, 0.2) is 0 Å². The van der Waals surface area contributed by atoms with Crippen LogP contribution in [0.3, 0.4) is 0 Å². The van der Waals surface area contributed by atoms with E-state index in [4.69, 9.17) is 5.73 Å². The standard InChI is InChI=1S/C15H24N4O2S.ClH/c1-9(2)13(16)14(21)17-8-12(20)19-15-18-10-6-4-3-5-7-11(10)22-15;/h9,13H,3-8,16H2,1-2H3,(H,17,21)(H,18,19,20);1H/t13-;/m0./s1. The van der Waals surface area contributed by atoms with E-state index in [9.17, 15) is 9.59 Å². The largest absolute Gasteiger partial charge is 0.346 e. The summed E-state index contributed by atoms with van der Waals surface area (Å²) >= 11 is 1.54. The number of nitrogens with zero attached hydrogens (tertiary/aromatic N) is 1. The van der Waals surface area contributed by atoms with Crippen LogP contribution < -0.4 is 16.4 Å². The van der Waals surface area contributed by atoms with Crippen LogP contribution in [0, 0.1) is 5.92 Å². The van der Waals surface area contributed by atoms with E-state index in [1.165, 1.54) is 17.7 Å². The number of fused-ring (bicyclic) bond motifs is 1. The Kier molecular flexibility index (Phi) is 7.94. The molecule has 6 nitrogen and oxygen atoms in total. The number of nitrogens with one attached hydrogen (secondary N) is 2. The minimum atomic E-state index is -0.594. The summed E-state index contributed by atoms with van der Waals surface area (Å²) in [7, 11) is 0. The molecule has 23 heavy (non-hydrogen) atoms. The van der Waals surface area contributed by atoms with Crippen molar-refractivity contribution in [3.63, 3.8) is 0 Å². The van der Waals surface area contributed by atoms with E-state index in [1.807, 2.05) is 13.8 Å². The topological polar surface area (TPSA) is 97.1 Å². The molecule has 0 radical (unpaired) electrons. The summed E-state index contributed by atoms with van der Waals surface area (Å²) < 4.78 is 0. The Hall–Kier alpha value is -1.18. The highest BCUT2D eigenvalue weighted by molar-refractivity contribution is 7.15. The van der Waals surface area contributed by atoms with E-state index in [2.05, 4.69) is 15.6 Å². The fraction of sp³-hybridized carbons (Fsp3) is 0.667. The SMILES string of the molecule is CC(C)[C@H](N)C(=O)NCC(=O)Nc1nc2c(s1)CCCCC2.Cl. The maximum Gasteiger partial charge on any atom is 0.245 e. The van der Waals surface area contributed by atoms with Crippen molar-refractivity contribution in [1.29, 1.82) is 0 Å². The average molecular weight is 361 g/mol. The number of thiazole rings is 1. The molecule has 8 heteroatoms. The lowest BCUT2D eigenvalue weighted by molar-refractivity contribution is -0.125. The molecular formula is C15H25ClN4O2S. The number of anilines is 1. The van der Waals surface area contributed by atoms with Gasteiger partial charge in [0.2, 0.25) is 11.8 Å². The number of aryl methyl sites for hydroxylation is 2. The van der Waals surface area contributed by atoms with Gasteiger partial charge in [-0.2, -0.15) is 0 Å². The van der Waals surface area contributed by atoms with Crippen molar-refractivity contribution in [2.75, 3.05) is 11.9 Å². The van der Waals surface area contributed by atoms with Crippen molar-refractivity contribution in [2.24, 2.45) is 11.7 Å². The number of rotatable bonds is 5. The van der Waals surface area contributed by atoms with Crippen LogP contribution >= 0.6 is 23.7 Å². The molecule has 0 bridgehead atoms. The zero-order valence-electron chi connectivity index (χ0n) is 13.6. The predicted molar refractivity (Wildman–Crippen MR) is 95.1 cm³/mol. The Morgan fingerprint density at radius 2 is 1.96 bits per heavy atom. The Morgan fingerprint density at radius 1 is 1.26 bits per heavy atom. The first-order valence-electron chi connectivity index (χ1n) is 7.79. The Labute approximate surface area is 147 Å². The lowest BCUT2D eigenvalue weighted by atomic mass is 10.1. The Bertz CT molecular complexity index is 524. The number of nitrogens with two attached hydrogens (primary N) is 1. The lowest BCUT2D eigenvalue weighted by Crippen LogP contribution is -2.46. The summed E-state index contributed by atoms with van der Waals surface area (Å²) in [4.78, 5) is 29.4. The molecule has 0 fully saturated rings. The summed E-state index contributed by atoms with van der Waals surface area (Å²) in [5.41, 5.74) is 6.84. The van der Waals surface area contributed by atoms with Gasteiger partial charge in [-0.1, -0.05) is 20.3 Å². The molecule has 1 aromatic rings. The van der Waals surface area contributed by atoms with Crippen LogP contribution in [0.1, 0.15) is 43.7 Å². The fourth-order valence-electron chi connectivity index (χ4n) is 2.33. The third-order valence-electron chi connectivity index (χ3n) is 3.79. The molecule has 0 aliphatic heterocycles. The van der Waals surface area contributed by atoms with Crippen molar-refractivity contribution < 1.29 is 9.59 Å². The van der Waals surface area contributed by atoms with Crippen molar-refractivity contribution >= 4 is 40.7 Å². The van der Waals surface area contributed by atoms with E-state index in [1.54, 1.807) is 11.3 Å². The summed E-state index contributed by atoms with van der Waals surface area (Å²) in [6, 6.07) is -0.594. The fourth-order valence-corrected chi connectivity index (χ4v) is 3.40. The smallest absolute Gasteiger partial charge is 0.245 e. The quantitative estimate of drug-likeness (QED) is 0.698. The van der Waals surface area contributed by atoms with Gasteiger partial charge >= 0.3 is 0 Å². The van der Waals surface area contributed by atoms with Crippen LogP contribution in [0.25, 0.3) is 0 Å². The van der Waals surface area contributed by atoms with E-state index in [0.717, 1.165) is 25.0 Å². The third-order valence-corrected chi connectivity index (χ3v) is 4.86. The molecule has 2 rings (SSSR count). The normalized spacial score (nSPS) is 15.1. The molecule has 0 saturated heterocycles. The summed E-state index contributed by atoms with van der Waals surface area (Å²) in [5, 5.41) is 5.94. The van der Waals surface area contributed by atoms with Gasteiger partial charge in [-0.3, -0.25) is 9.59 Å². The highest BCUT2D eigenvalue weighted by Crippen LogP contribution is 2.28. The van der Waals surface area contributed by atoms with Gasteiger partial charge in [-0.25, -0.2) is 4.98 Å². The number of hydrogen-bond acceptors (Lipinski definition) is 5. The van der Waals surface area contributed by atoms with Gasteiger partial charge < -0.3 is 16.4 Å². The second kappa shape index (κ2) is 9.20. The molecule has 2 amide bonds. The molecule has 4 N–H and O–H groups in total. The maximum absolute atomic E-state index is 11.9. The first-order chi connectivity index (χ1) is 10.5. The van der Waals surface area contributed by atoms with Crippen LogP contribution in [-0.4, -0.2) is 29.4 Å². The van der Waals surface area contributed by atoms with E-state index in [0.29, 0.717) is 5.13 Å². The third kappa shape index (κ3) is 5.75. The number of halogens is 1. The van der Waals surface area contributed by atoms with E-state index >= 15 is 0 Å². The second-order valence-corrected chi connectivity index (χ2v) is 7.07. The van der Waals surface area contributed by atoms with Gasteiger partial charge in [0, 0.05) is 4.88 Å². The molecular weight excluding hydrogens is 336 g/mol. The molecule has 1 heterocycles. The van der Waals surface area contributed by atoms with Gasteiger partial charge in [-0.15, -0.1) is 23.7 Å². The first kappa shape index (κ1) is 19.9. The summed E-state index contributed by atoms with van der Waals surface area (Å²) in [6.45, 7) is 3.66. The van der Waals surface area contributed by atoms with Gasteiger partial charge in [-0.05, 0) is 31.6 Å². The van der Waals surface area contributed by atoms with Gasteiger partial charge in [0.05, 0.1) is 18.3 Å². The van der Waals surface area contributed by atoms with Crippen LogP contribution in [0.2, 0.25) is 0 Å². The maximum atomic E-state index is 11.9. The number of aromatic nitrogens is 1. The van der Waals surface area contributed by atoms with Crippen molar-refractivity contribution in [3.05, 3.63) is 10.6 Å². The Balaban J connectivity index is 0.00000264. The lowest BCUT2D eigenvalue weighted by Gasteiger charge is -2.14. The molecule has 1 aromatic heterocycles. The summed E-state index contributed by atoms with van der Waals surface area (Å²) in [6.07, 6.45) is 5.62. The van der Waals surface area contributed by atoms with E-state index < -0.39 is 6.04 Å². The van der Waals surface area contributed by atoms with Crippen LogP contribution in [-0.2, 0) is 22.4 Å². The molecule has 0 aromatic carbocycles. The minimum absolute atomic E-state index is 0. The van der Waals surface area contributed by atoms with Crippen LogP contribution in [0.4, 0.5) is 5.13 Å². The van der Waals surface area contributed by atoms with Crippen LogP contribution in [0.5, 0.6) is 0 Å². The molecule has 0 unspecified atom stereocenters. The Morgan fingerprint density at radius 3 is 2.65 bits per heavy atom. The number of amides is 2. The zero-order chi connectivity index (χ0) is 16.1. The summed E-state index contributed by atoms with van der Waals surface area (Å²) in [5.74, 6) is -0.536. The highest BCUT2D eigenvalue weighted by Gasteiger charge is 2.19. The average Bonchev–Trinajstić information content (AvgIpc) is 2.72. The van der Waals surface area contributed by atoms with Crippen molar-refractivity contribution in [3.8, 4) is 0 Å². The zero-order valence-corrected chi connectivity index (χ0v) is 15.2. The van der Waals surface area contributed by atoms with Gasteiger partial charge in [0.1, 0.15) is 0 Å². The molecule has 130 valence electrons. The number of hydrogen-bond donors (Lipinski definition) is 3. The van der Waals surface area contributed by atoms with Gasteiger partial charge in [0.25, 0.3) is 0 Å². The predicted octanol–water partition coefficient (Wildman–Crippen LogP) is 1.87. The second-order valence-electron chi connectivity index (χ2n) is 5.99. The highest BCUT2D eigenvalue weighted by atomic mass is 35.5. The van der Waals surface area contributed by atoms with E-state index in [-0.39, 0.29) is 36.7 Å². The van der Waals surface area contributed by atoms with Crippen molar-refractivity contribution in [1.82, 2.24) is 10.3 Å². The number of carbonyl (C=O) groups is 2. The monoisotopic (exact) mass is 360 g/mol. The first-order valence-corrected chi connectivity index (χ1v) is 8.60. The molecule has 1 aliphatic rings. The molecule has 0 saturated carbocycles. The minimum Gasteiger partial charge on any atom is -0.346 e. The van der Waals surface area contributed by atoms with Crippen molar-refractivity contribution in [2.45, 2.75) is 52.0 Å². The number of carbonyl (C=O) groups excluding carboxylic acids is 2. The molecule has 1 atom stereocenters. The molecule has 1 aliphatic carbocycles.